The highest BCUT2D eigenvalue weighted by Crippen LogP contribution is 2.11. The molecule has 0 amide bonds. The minimum atomic E-state index is -1.28. The number of nitrogen functional groups attached to an aromatic ring is 1. The minimum Gasteiger partial charge on any atom is -0.393 e. The number of hydrogen-bond donors (Lipinski definition) is 1. The van der Waals surface area contributed by atoms with Crippen molar-refractivity contribution in [1.29, 1.82) is 0 Å². The van der Waals surface area contributed by atoms with Crippen molar-refractivity contribution in [1.82, 2.24) is 10.0 Å². The first-order valence-electron chi connectivity index (χ1n) is 5.48. The van der Waals surface area contributed by atoms with Crippen LogP contribution in [0.3, 0.4) is 0 Å². The monoisotopic (exact) mass is 282 g/mol. The van der Waals surface area contributed by atoms with Crippen molar-refractivity contribution >= 4 is 11.7 Å². The van der Waals surface area contributed by atoms with Crippen molar-refractivity contribution in [3.63, 3.8) is 0 Å². The van der Waals surface area contributed by atoms with E-state index in [0.717, 1.165) is 6.20 Å². The predicted octanol–water partition coefficient (Wildman–Crippen LogP) is 1.61. The van der Waals surface area contributed by atoms with Gasteiger partial charge in [-0.15, -0.1) is 5.10 Å². The number of halogens is 3. The maximum atomic E-state index is 13.8. The Bertz CT molecular complexity index is 727. The average molecular weight is 282 g/mol. The summed E-state index contributed by atoms with van der Waals surface area (Å²) < 4.78 is 39.8. The molecule has 1 aromatic carbocycles. The highest BCUT2D eigenvalue weighted by Gasteiger charge is 2.13. The highest BCUT2D eigenvalue weighted by molar-refractivity contribution is 5.97. The first-order valence-corrected chi connectivity index (χ1v) is 5.48. The first kappa shape index (κ1) is 13.8. The van der Waals surface area contributed by atoms with Gasteiger partial charge in [0.05, 0.1) is 18.3 Å². The molecular weight excluding hydrogens is 273 g/mol. The molecule has 5 nitrogen and oxygen atoms in total. The molecule has 2 aromatic rings. The van der Waals surface area contributed by atoms with Gasteiger partial charge in [-0.1, -0.05) is 27.6 Å². The average Bonchev–Trinajstić information content (AvgIpc) is 2.44. The lowest BCUT2D eigenvalue weighted by Gasteiger charge is -2.02. The van der Waals surface area contributed by atoms with Crippen molar-refractivity contribution in [3.05, 3.63) is 57.8 Å². The molecule has 0 radical (unpaired) electrons. The Balaban J connectivity index is 2.30. The van der Waals surface area contributed by atoms with Gasteiger partial charge in [0, 0.05) is 5.56 Å². The minimum absolute atomic E-state index is 0.174. The van der Waals surface area contributed by atoms with Crippen molar-refractivity contribution in [2.75, 3.05) is 5.73 Å². The number of rotatable bonds is 3. The van der Waals surface area contributed by atoms with E-state index in [9.17, 15) is 18.1 Å². The van der Waals surface area contributed by atoms with Crippen LogP contribution in [0.2, 0.25) is 0 Å². The van der Waals surface area contributed by atoms with E-state index < -0.39 is 33.5 Å². The van der Waals surface area contributed by atoms with Gasteiger partial charge >= 0.3 is 5.56 Å². The van der Waals surface area contributed by atoms with E-state index in [1.165, 1.54) is 18.2 Å². The SMILES string of the molecule is Nc1c(C(F)=NCc2ccccc2F)cnn(F)c1=O. The van der Waals surface area contributed by atoms with Crippen molar-refractivity contribution in [2.24, 2.45) is 4.99 Å². The molecule has 0 bridgehead atoms. The van der Waals surface area contributed by atoms with E-state index in [1.807, 2.05) is 0 Å². The zero-order valence-corrected chi connectivity index (χ0v) is 10.1. The molecule has 2 N–H and O–H groups in total. The lowest BCUT2D eigenvalue weighted by Crippen LogP contribution is -2.23. The summed E-state index contributed by atoms with van der Waals surface area (Å²) in [4.78, 5) is 14.1. The van der Waals surface area contributed by atoms with Crippen molar-refractivity contribution < 1.29 is 13.3 Å². The zero-order valence-electron chi connectivity index (χ0n) is 10.1. The maximum Gasteiger partial charge on any atom is 0.320 e. The summed E-state index contributed by atoms with van der Waals surface area (Å²) in [5.74, 6) is -1.65. The van der Waals surface area contributed by atoms with Crippen LogP contribution >= 0.6 is 0 Å². The Morgan fingerprint density at radius 2 is 2.10 bits per heavy atom. The maximum absolute atomic E-state index is 13.8. The fourth-order valence-electron chi connectivity index (χ4n) is 1.48. The van der Waals surface area contributed by atoms with Crippen LogP contribution in [0.15, 0.2) is 40.2 Å². The summed E-state index contributed by atoms with van der Waals surface area (Å²) in [5, 5.41) is 3.00. The van der Waals surface area contributed by atoms with Crippen LogP contribution < -0.4 is 11.3 Å². The number of hydrogen-bond acceptors (Lipinski definition) is 4. The van der Waals surface area contributed by atoms with Crippen molar-refractivity contribution in [2.45, 2.75) is 6.54 Å². The van der Waals surface area contributed by atoms with Gasteiger partial charge in [0.25, 0.3) is 0 Å². The third-order valence-electron chi connectivity index (χ3n) is 2.54. The molecule has 2 rings (SSSR count). The predicted molar refractivity (Wildman–Crippen MR) is 67.2 cm³/mol. The van der Waals surface area contributed by atoms with Gasteiger partial charge in [-0.05, 0) is 6.07 Å². The molecule has 0 saturated carbocycles. The molecule has 104 valence electrons. The van der Waals surface area contributed by atoms with Gasteiger partial charge in [-0.25, -0.2) is 4.39 Å². The fraction of sp³-hybridized carbons (Fsp3) is 0.0833. The highest BCUT2D eigenvalue weighted by atomic mass is 19.2. The molecule has 0 saturated heterocycles. The Labute approximate surface area is 111 Å². The first-order chi connectivity index (χ1) is 9.50. The molecule has 0 fully saturated rings. The normalized spacial score (nSPS) is 11.7. The number of aromatic nitrogens is 2. The van der Waals surface area contributed by atoms with Gasteiger partial charge in [0.2, 0.25) is 5.97 Å². The van der Waals surface area contributed by atoms with E-state index in [-0.39, 0.29) is 12.1 Å². The smallest absolute Gasteiger partial charge is 0.320 e. The van der Waals surface area contributed by atoms with Crippen LogP contribution in [-0.2, 0) is 6.54 Å². The van der Waals surface area contributed by atoms with E-state index in [4.69, 9.17) is 5.73 Å². The molecule has 0 aliphatic carbocycles. The summed E-state index contributed by atoms with van der Waals surface area (Å²) in [6.45, 7) is -0.281. The second-order valence-electron chi connectivity index (χ2n) is 3.84. The van der Waals surface area contributed by atoms with E-state index in [1.54, 1.807) is 6.07 Å². The van der Waals surface area contributed by atoms with E-state index in [0.29, 0.717) is 0 Å². The molecular formula is C12H9F3N4O. The van der Waals surface area contributed by atoms with Crippen LogP contribution in [0.25, 0.3) is 0 Å². The second-order valence-corrected chi connectivity index (χ2v) is 3.84. The Kier molecular flexibility index (Phi) is 3.83. The van der Waals surface area contributed by atoms with Gasteiger partial charge in [0.1, 0.15) is 11.5 Å². The molecule has 0 unspecified atom stereocenters. The van der Waals surface area contributed by atoms with E-state index >= 15 is 0 Å². The van der Waals surface area contributed by atoms with Crippen molar-refractivity contribution in [3.8, 4) is 0 Å². The summed E-state index contributed by atoms with van der Waals surface area (Å²) in [6, 6.07) is 5.71. The number of benzene rings is 1. The Morgan fingerprint density at radius 3 is 2.80 bits per heavy atom. The van der Waals surface area contributed by atoms with Crippen LogP contribution in [0.1, 0.15) is 11.1 Å². The van der Waals surface area contributed by atoms with Gasteiger partial charge in [-0.2, -0.15) is 4.39 Å². The van der Waals surface area contributed by atoms with Gasteiger partial charge in [0.15, 0.2) is 0 Å². The Hall–Kier alpha value is -2.64. The lowest BCUT2D eigenvalue weighted by atomic mass is 10.2. The molecule has 1 aromatic heterocycles. The zero-order chi connectivity index (χ0) is 14.7. The van der Waals surface area contributed by atoms with Crippen LogP contribution in [-0.4, -0.2) is 16.0 Å². The number of nitrogens with zero attached hydrogens (tertiary/aromatic N) is 3. The van der Waals surface area contributed by atoms with Crippen LogP contribution in [0, 0.1) is 5.82 Å². The van der Waals surface area contributed by atoms with Crippen LogP contribution in [0.5, 0.6) is 0 Å². The van der Waals surface area contributed by atoms with E-state index in [2.05, 4.69) is 10.1 Å². The third-order valence-corrected chi connectivity index (χ3v) is 2.54. The molecule has 8 heteroatoms. The number of anilines is 1. The lowest BCUT2D eigenvalue weighted by molar-refractivity contribution is 0.296. The number of aliphatic imine (C=N–C) groups is 1. The fourth-order valence-corrected chi connectivity index (χ4v) is 1.48. The van der Waals surface area contributed by atoms with Crippen LogP contribution in [0.4, 0.5) is 18.9 Å². The molecule has 0 spiro atoms. The largest absolute Gasteiger partial charge is 0.393 e. The number of nitrogens with two attached hydrogens (primary N) is 1. The quantitative estimate of drug-likeness (QED) is 0.869. The molecule has 0 aliphatic rings. The molecule has 0 atom stereocenters. The topological polar surface area (TPSA) is 73.3 Å². The summed E-state index contributed by atoms with van der Waals surface area (Å²) in [6.07, 6.45) is 0.733. The van der Waals surface area contributed by atoms with Gasteiger partial charge < -0.3 is 5.73 Å². The van der Waals surface area contributed by atoms with Gasteiger partial charge in [-0.3, -0.25) is 9.79 Å². The summed E-state index contributed by atoms with van der Waals surface area (Å²) >= 11 is 0. The Morgan fingerprint density at radius 1 is 1.40 bits per heavy atom. The standard InChI is InChI=1S/C12H9F3N4O/c13-9-4-2-1-3-7(9)5-17-11(14)8-6-18-19(15)12(20)10(8)16/h1-4,6H,5,16H2. The molecule has 20 heavy (non-hydrogen) atoms. The summed E-state index contributed by atoms with van der Waals surface area (Å²) in [7, 11) is 0. The molecule has 0 aliphatic heterocycles. The summed E-state index contributed by atoms with van der Waals surface area (Å²) in [5.41, 5.74) is 3.08. The third kappa shape index (κ3) is 2.68. The second kappa shape index (κ2) is 5.55. The molecule has 1 heterocycles.